The zero-order chi connectivity index (χ0) is 20.5. The van der Waals surface area contributed by atoms with Gasteiger partial charge in [-0.25, -0.2) is 0 Å². The zero-order valence-electron chi connectivity index (χ0n) is 17.0. The highest BCUT2D eigenvalue weighted by molar-refractivity contribution is 7.12. The predicted octanol–water partition coefficient (Wildman–Crippen LogP) is 2.19. The number of carbonyl (C=O) groups excluding carboxylic acids is 2. The second-order valence-corrected chi connectivity index (χ2v) is 8.37. The van der Waals surface area contributed by atoms with Gasteiger partial charge in [0.05, 0.1) is 4.88 Å². The number of piperazine rings is 1. The van der Waals surface area contributed by atoms with Gasteiger partial charge in [0, 0.05) is 39.3 Å². The van der Waals surface area contributed by atoms with Gasteiger partial charge < -0.3 is 15.5 Å². The normalized spacial score (nSPS) is 16.3. The molecule has 1 saturated heterocycles. The smallest absolute Gasteiger partial charge is 0.261 e. The van der Waals surface area contributed by atoms with Gasteiger partial charge in [-0.05, 0) is 36.9 Å². The molecule has 2 amide bonds. The fourth-order valence-electron chi connectivity index (χ4n) is 3.42. The first-order chi connectivity index (χ1) is 14.1. The molecule has 156 valence electrons. The van der Waals surface area contributed by atoms with Crippen molar-refractivity contribution < 1.29 is 9.59 Å². The SMILES string of the molecule is CC(NC(=O)c1cccs1)C(=O)NCCCN1CCN(Cc2ccccc2)CC1. The molecule has 2 N–H and O–H groups in total. The molecule has 1 aromatic heterocycles. The van der Waals surface area contributed by atoms with Crippen LogP contribution >= 0.6 is 11.3 Å². The Hall–Kier alpha value is -2.22. The van der Waals surface area contributed by atoms with E-state index in [-0.39, 0.29) is 11.8 Å². The van der Waals surface area contributed by atoms with E-state index in [4.69, 9.17) is 0 Å². The fourth-order valence-corrected chi connectivity index (χ4v) is 4.05. The lowest BCUT2D eigenvalue weighted by Gasteiger charge is -2.34. The summed E-state index contributed by atoms with van der Waals surface area (Å²) in [4.78, 5) is 29.7. The predicted molar refractivity (Wildman–Crippen MR) is 117 cm³/mol. The second kappa shape index (κ2) is 11.1. The van der Waals surface area contributed by atoms with Crippen LogP contribution in [-0.4, -0.2) is 66.9 Å². The lowest BCUT2D eigenvalue weighted by Crippen LogP contribution is -2.47. The molecule has 1 fully saturated rings. The van der Waals surface area contributed by atoms with E-state index in [1.165, 1.54) is 16.9 Å². The Morgan fingerprint density at radius 3 is 2.45 bits per heavy atom. The molecule has 2 heterocycles. The Balaban J connectivity index is 1.27. The van der Waals surface area contributed by atoms with Crippen LogP contribution in [0, 0.1) is 0 Å². The zero-order valence-corrected chi connectivity index (χ0v) is 17.8. The maximum absolute atomic E-state index is 12.2. The van der Waals surface area contributed by atoms with Crippen molar-refractivity contribution in [1.29, 1.82) is 0 Å². The summed E-state index contributed by atoms with van der Waals surface area (Å²) >= 11 is 1.37. The Morgan fingerprint density at radius 1 is 1.03 bits per heavy atom. The molecule has 7 heteroatoms. The van der Waals surface area contributed by atoms with E-state index < -0.39 is 6.04 Å². The molecule has 0 spiro atoms. The molecular formula is C22H30N4O2S. The van der Waals surface area contributed by atoms with E-state index in [9.17, 15) is 9.59 Å². The molecule has 2 aromatic rings. The van der Waals surface area contributed by atoms with Crippen LogP contribution in [0.25, 0.3) is 0 Å². The van der Waals surface area contributed by atoms with Crippen molar-refractivity contribution in [2.45, 2.75) is 25.9 Å². The standard InChI is InChI=1S/C22H30N4O2S/c1-18(24-22(28)20-9-5-16-29-20)21(27)23-10-6-11-25-12-14-26(15-13-25)17-19-7-3-2-4-8-19/h2-5,7-9,16,18H,6,10-15,17H2,1H3,(H,23,27)(H,24,28). The Kier molecular flexibility index (Phi) is 8.22. The van der Waals surface area contributed by atoms with Crippen LogP contribution in [-0.2, 0) is 11.3 Å². The molecule has 1 aliphatic rings. The largest absolute Gasteiger partial charge is 0.354 e. The van der Waals surface area contributed by atoms with Gasteiger partial charge in [-0.2, -0.15) is 0 Å². The van der Waals surface area contributed by atoms with Crippen molar-refractivity contribution in [2.75, 3.05) is 39.3 Å². The van der Waals surface area contributed by atoms with Crippen molar-refractivity contribution in [1.82, 2.24) is 20.4 Å². The van der Waals surface area contributed by atoms with Gasteiger partial charge >= 0.3 is 0 Å². The number of hydrogen-bond donors (Lipinski definition) is 2. The third kappa shape index (κ3) is 6.96. The maximum Gasteiger partial charge on any atom is 0.261 e. The average Bonchev–Trinajstić information content (AvgIpc) is 3.28. The molecule has 1 aliphatic heterocycles. The molecular weight excluding hydrogens is 384 g/mol. The first-order valence-corrected chi connectivity index (χ1v) is 11.1. The Morgan fingerprint density at radius 2 is 1.76 bits per heavy atom. The molecule has 0 saturated carbocycles. The van der Waals surface area contributed by atoms with Crippen molar-refractivity contribution >= 4 is 23.2 Å². The summed E-state index contributed by atoms with van der Waals surface area (Å²) in [6.45, 7) is 8.62. The molecule has 29 heavy (non-hydrogen) atoms. The third-order valence-electron chi connectivity index (χ3n) is 5.15. The minimum absolute atomic E-state index is 0.136. The number of carbonyl (C=O) groups is 2. The van der Waals surface area contributed by atoms with Crippen LogP contribution in [0.4, 0.5) is 0 Å². The number of rotatable bonds is 9. The summed E-state index contributed by atoms with van der Waals surface area (Å²) in [5.41, 5.74) is 1.36. The van der Waals surface area contributed by atoms with E-state index >= 15 is 0 Å². The Labute approximate surface area is 176 Å². The molecule has 1 aromatic carbocycles. The van der Waals surface area contributed by atoms with Crippen molar-refractivity contribution in [3.8, 4) is 0 Å². The van der Waals surface area contributed by atoms with E-state index in [1.807, 2.05) is 11.4 Å². The first kappa shape index (κ1) is 21.5. The number of nitrogens with one attached hydrogen (secondary N) is 2. The van der Waals surface area contributed by atoms with E-state index in [1.54, 1.807) is 13.0 Å². The quantitative estimate of drug-likeness (QED) is 0.618. The van der Waals surface area contributed by atoms with Gasteiger partial charge in [0.15, 0.2) is 0 Å². The summed E-state index contributed by atoms with van der Waals surface area (Å²) < 4.78 is 0. The van der Waals surface area contributed by atoms with E-state index in [2.05, 4.69) is 50.8 Å². The molecule has 1 atom stereocenters. The van der Waals surface area contributed by atoms with Crippen LogP contribution < -0.4 is 10.6 Å². The van der Waals surface area contributed by atoms with Crippen LogP contribution in [0.2, 0.25) is 0 Å². The molecule has 0 bridgehead atoms. The highest BCUT2D eigenvalue weighted by Crippen LogP contribution is 2.09. The van der Waals surface area contributed by atoms with Gasteiger partial charge in [-0.1, -0.05) is 36.4 Å². The number of hydrogen-bond acceptors (Lipinski definition) is 5. The van der Waals surface area contributed by atoms with Gasteiger partial charge in [-0.15, -0.1) is 11.3 Å². The van der Waals surface area contributed by atoms with E-state index in [0.29, 0.717) is 11.4 Å². The summed E-state index contributed by atoms with van der Waals surface area (Å²) in [5.74, 6) is -0.335. The molecule has 0 radical (unpaired) electrons. The van der Waals surface area contributed by atoms with Gasteiger partial charge in [0.2, 0.25) is 5.91 Å². The van der Waals surface area contributed by atoms with Crippen LogP contribution in [0.1, 0.15) is 28.6 Å². The number of benzene rings is 1. The highest BCUT2D eigenvalue weighted by atomic mass is 32.1. The second-order valence-electron chi connectivity index (χ2n) is 7.42. The van der Waals surface area contributed by atoms with Crippen molar-refractivity contribution in [3.63, 3.8) is 0 Å². The monoisotopic (exact) mass is 414 g/mol. The van der Waals surface area contributed by atoms with Gasteiger partial charge in [0.1, 0.15) is 6.04 Å². The highest BCUT2D eigenvalue weighted by Gasteiger charge is 2.18. The van der Waals surface area contributed by atoms with Gasteiger partial charge in [0.25, 0.3) is 5.91 Å². The number of amides is 2. The van der Waals surface area contributed by atoms with Crippen molar-refractivity contribution in [2.24, 2.45) is 0 Å². The van der Waals surface area contributed by atoms with E-state index in [0.717, 1.165) is 45.7 Å². The minimum atomic E-state index is -0.536. The first-order valence-electron chi connectivity index (χ1n) is 10.2. The third-order valence-corrected chi connectivity index (χ3v) is 6.02. The van der Waals surface area contributed by atoms with Crippen LogP contribution in [0.5, 0.6) is 0 Å². The molecule has 1 unspecified atom stereocenters. The lowest BCUT2D eigenvalue weighted by atomic mass is 10.2. The maximum atomic E-state index is 12.2. The lowest BCUT2D eigenvalue weighted by molar-refractivity contribution is -0.122. The molecule has 3 rings (SSSR count). The topological polar surface area (TPSA) is 64.7 Å². The van der Waals surface area contributed by atoms with Crippen molar-refractivity contribution in [3.05, 3.63) is 58.3 Å². The summed E-state index contributed by atoms with van der Waals surface area (Å²) in [6, 6.07) is 13.6. The van der Waals surface area contributed by atoms with Gasteiger partial charge in [-0.3, -0.25) is 14.5 Å². The molecule has 0 aliphatic carbocycles. The molecule has 6 nitrogen and oxygen atoms in total. The number of nitrogens with zero attached hydrogens (tertiary/aromatic N) is 2. The van der Waals surface area contributed by atoms with Crippen LogP contribution in [0.3, 0.4) is 0 Å². The summed E-state index contributed by atoms with van der Waals surface area (Å²) in [7, 11) is 0. The minimum Gasteiger partial charge on any atom is -0.354 e. The number of thiophene rings is 1. The summed E-state index contributed by atoms with van der Waals surface area (Å²) in [5, 5.41) is 7.52. The van der Waals surface area contributed by atoms with Crippen LogP contribution in [0.15, 0.2) is 47.8 Å². The summed E-state index contributed by atoms with van der Waals surface area (Å²) in [6.07, 6.45) is 0.913. The average molecular weight is 415 g/mol. The Bertz CT molecular complexity index is 758. The fraction of sp³-hybridized carbons (Fsp3) is 0.455.